The molecule has 21 heavy (non-hydrogen) atoms. The molecule has 6 nitrogen and oxygen atoms in total. The number of carboxylic acids is 1. The van der Waals surface area contributed by atoms with E-state index in [4.69, 9.17) is 0 Å². The van der Waals surface area contributed by atoms with Crippen LogP contribution in [0.2, 0.25) is 0 Å². The van der Waals surface area contributed by atoms with Crippen LogP contribution in [0.25, 0.3) is 0 Å². The highest BCUT2D eigenvalue weighted by molar-refractivity contribution is 5.74. The van der Waals surface area contributed by atoms with Gasteiger partial charge in [-0.15, -0.1) is 5.10 Å². The second-order valence-electron chi connectivity index (χ2n) is 6.57. The van der Waals surface area contributed by atoms with Crippen LogP contribution < -0.4 is 0 Å². The van der Waals surface area contributed by atoms with Crippen LogP contribution in [0.5, 0.6) is 0 Å². The van der Waals surface area contributed by atoms with Gasteiger partial charge in [-0.2, -0.15) is 0 Å². The van der Waals surface area contributed by atoms with Gasteiger partial charge in [-0.3, -0.25) is 4.79 Å². The van der Waals surface area contributed by atoms with Crippen molar-refractivity contribution in [1.29, 1.82) is 0 Å². The Balaban J connectivity index is 2.30. The van der Waals surface area contributed by atoms with Crippen LogP contribution in [0.4, 0.5) is 0 Å². The molecule has 1 heterocycles. The van der Waals surface area contributed by atoms with Gasteiger partial charge in [0.2, 0.25) is 0 Å². The van der Waals surface area contributed by atoms with Crippen LogP contribution in [0.3, 0.4) is 0 Å². The SMILES string of the molecule is CCC(CC)(Cn1nnnc1C1(C)CCCCC1)C(=O)O. The molecule has 1 saturated carbocycles. The van der Waals surface area contributed by atoms with E-state index in [0.29, 0.717) is 19.4 Å². The molecule has 1 N–H and O–H groups in total. The Hall–Kier alpha value is -1.46. The average Bonchev–Trinajstić information content (AvgIpc) is 2.94. The number of aliphatic carboxylic acids is 1. The Kier molecular flexibility index (Phi) is 4.64. The number of carbonyl (C=O) groups is 1. The molecule has 118 valence electrons. The summed E-state index contributed by atoms with van der Waals surface area (Å²) >= 11 is 0. The zero-order chi connectivity index (χ0) is 15.5. The molecular weight excluding hydrogens is 268 g/mol. The van der Waals surface area contributed by atoms with Crippen LogP contribution in [-0.2, 0) is 16.8 Å². The molecule has 1 aromatic heterocycles. The lowest BCUT2D eigenvalue weighted by Gasteiger charge is -2.34. The summed E-state index contributed by atoms with van der Waals surface area (Å²) in [5.74, 6) is 0.0949. The predicted molar refractivity (Wildman–Crippen MR) is 78.9 cm³/mol. The third-order valence-corrected chi connectivity index (χ3v) is 5.29. The summed E-state index contributed by atoms with van der Waals surface area (Å²) in [4.78, 5) is 11.7. The molecule has 0 atom stereocenters. The fourth-order valence-electron chi connectivity index (χ4n) is 3.43. The van der Waals surface area contributed by atoms with Crippen molar-refractivity contribution in [2.24, 2.45) is 5.41 Å². The summed E-state index contributed by atoms with van der Waals surface area (Å²) in [6.07, 6.45) is 6.95. The summed E-state index contributed by atoms with van der Waals surface area (Å²) in [5, 5.41) is 21.8. The molecule has 1 aromatic rings. The van der Waals surface area contributed by atoms with Crippen molar-refractivity contribution < 1.29 is 9.90 Å². The van der Waals surface area contributed by atoms with E-state index in [0.717, 1.165) is 18.7 Å². The molecule has 6 heteroatoms. The number of rotatable bonds is 6. The number of hydrogen-bond donors (Lipinski definition) is 1. The van der Waals surface area contributed by atoms with Gasteiger partial charge in [-0.25, -0.2) is 4.68 Å². The third kappa shape index (κ3) is 2.94. The fraction of sp³-hybridized carbons (Fsp3) is 0.867. The summed E-state index contributed by atoms with van der Waals surface area (Å²) in [5.41, 5.74) is -0.803. The van der Waals surface area contributed by atoms with Gasteiger partial charge in [0.15, 0.2) is 5.82 Å². The second-order valence-corrected chi connectivity index (χ2v) is 6.57. The molecule has 1 aliphatic carbocycles. The number of tetrazole rings is 1. The Morgan fingerprint density at radius 3 is 2.43 bits per heavy atom. The number of nitrogens with zero attached hydrogens (tertiary/aromatic N) is 4. The molecule has 1 fully saturated rings. The van der Waals surface area contributed by atoms with Crippen LogP contribution in [0.1, 0.15) is 71.5 Å². The van der Waals surface area contributed by atoms with E-state index in [1.54, 1.807) is 4.68 Å². The largest absolute Gasteiger partial charge is 0.481 e. The molecule has 0 saturated heterocycles. The predicted octanol–water partition coefficient (Wildman–Crippen LogP) is 2.79. The highest BCUT2D eigenvalue weighted by Crippen LogP contribution is 2.38. The number of aromatic nitrogens is 4. The van der Waals surface area contributed by atoms with Crippen molar-refractivity contribution in [2.75, 3.05) is 0 Å². The van der Waals surface area contributed by atoms with Crippen molar-refractivity contribution in [2.45, 2.75) is 77.7 Å². The molecule has 0 radical (unpaired) electrons. The maximum absolute atomic E-state index is 11.7. The first-order chi connectivity index (χ1) is 9.97. The summed E-state index contributed by atoms with van der Waals surface area (Å²) < 4.78 is 1.74. The van der Waals surface area contributed by atoms with Gasteiger partial charge in [0.05, 0.1) is 12.0 Å². The van der Waals surface area contributed by atoms with E-state index in [-0.39, 0.29) is 5.41 Å². The van der Waals surface area contributed by atoms with Gasteiger partial charge in [0.1, 0.15) is 0 Å². The van der Waals surface area contributed by atoms with Crippen molar-refractivity contribution in [3.05, 3.63) is 5.82 Å². The lowest BCUT2D eigenvalue weighted by Crippen LogP contribution is -2.38. The Morgan fingerprint density at radius 1 is 1.29 bits per heavy atom. The first kappa shape index (κ1) is 15.9. The molecule has 0 aromatic carbocycles. The van der Waals surface area contributed by atoms with E-state index >= 15 is 0 Å². The highest BCUT2D eigenvalue weighted by Gasteiger charge is 2.40. The normalized spacial score (nSPS) is 18.6. The number of hydrogen-bond acceptors (Lipinski definition) is 4. The third-order valence-electron chi connectivity index (χ3n) is 5.29. The van der Waals surface area contributed by atoms with Crippen molar-refractivity contribution >= 4 is 5.97 Å². The summed E-state index contributed by atoms with van der Waals surface area (Å²) in [6, 6.07) is 0. The Morgan fingerprint density at radius 2 is 1.90 bits per heavy atom. The molecule has 2 rings (SSSR count). The van der Waals surface area contributed by atoms with E-state index in [1.807, 2.05) is 13.8 Å². The lowest BCUT2D eigenvalue weighted by molar-refractivity contribution is -0.150. The van der Waals surface area contributed by atoms with E-state index < -0.39 is 11.4 Å². The highest BCUT2D eigenvalue weighted by atomic mass is 16.4. The molecule has 0 spiro atoms. The van der Waals surface area contributed by atoms with Crippen LogP contribution in [-0.4, -0.2) is 31.3 Å². The molecular formula is C15H26N4O2. The smallest absolute Gasteiger partial charge is 0.311 e. The second kappa shape index (κ2) is 6.12. The molecule has 0 bridgehead atoms. The minimum Gasteiger partial charge on any atom is -0.481 e. The van der Waals surface area contributed by atoms with Gasteiger partial charge < -0.3 is 5.11 Å². The molecule has 0 unspecified atom stereocenters. The first-order valence-electron chi connectivity index (χ1n) is 7.97. The van der Waals surface area contributed by atoms with Gasteiger partial charge in [0, 0.05) is 5.41 Å². The molecule has 1 aliphatic rings. The first-order valence-corrected chi connectivity index (χ1v) is 7.97. The maximum Gasteiger partial charge on any atom is 0.311 e. The van der Waals surface area contributed by atoms with Crippen LogP contribution in [0, 0.1) is 5.41 Å². The Bertz CT molecular complexity index is 488. The fourth-order valence-corrected chi connectivity index (χ4v) is 3.43. The van der Waals surface area contributed by atoms with E-state index in [2.05, 4.69) is 22.4 Å². The van der Waals surface area contributed by atoms with Gasteiger partial charge in [-0.1, -0.05) is 40.0 Å². The summed E-state index contributed by atoms with van der Waals surface area (Å²) in [6.45, 7) is 6.40. The molecule has 0 amide bonds. The topological polar surface area (TPSA) is 80.9 Å². The van der Waals surface area contributed by atoms with E-state index in [1.165, 1.54) is 19.3 Å². The average molecular weight is 294 g/mol. The van der Waals surface area contributed by atoms with Crippen LogP contribution in [0.15, 0.2) is 0 Å². The molecule has 0 aliphatic heterocycles. The van der Waals surface area contributed by atoms with Crippen molar-refractivity contribution in [3.63, 3.8) is 0 Å². The van der Waals surface area contributed by atoms with Gasteiger partial charge in [-0.05, 0) is 36.1 Å². The van der Waals surface area contributed by atoms with Crippen molar-refractivity contribution in [3.8, 4) is 0 Å². The lowest BCUT2D eigenvalue weighted by atomic mass is 9.74. The summed E-state index contributed by atoms with van der Waals surface area (Å²) in [7, 11) is 0. The zero-order valence-corrected chi connectivity index (χ0v) is 13.3. The quantitative estimate of drug-likeness (QED) is 0.872. The standard InChI is InChI=1S/C15H26N4O2/c1-4-15(5-2,13(20)21)11-19-12(16-17-18-19)14(3)9-7-6-8-10-14/h4-11H2,1-3H3,(H,20,21). The zero-order valence-electron chi connectivity index (χ0n) is 13.3. The van der Waals surface area contributed by atoms with E-state index in [9.17, 15) is 9.90 Å². The maximum atomic E-state index is 11.7. The minimum atomic E-state index is -0.783. The number of carboxylic acid groups (broad SMARTS) is 1. The van der Waals surface area contributed by atoms with Gasteiger partial charge in [0.25, 0.3) is 0 Å². The minimum absolute atomic E-state index is 0.0204. The van der Waals surface area contributed by atoms with Gasteiger partial charge >= 0.3 is 5.97 Å². The Labute approximate surface area is 125 Å². The van der Waals surface area contributed by atoms with Crippen LogP contribution >= 0.6 is 0 Å². The van der Waals surface area contributed by atoms with Crippen molar-refractivity contribution in [1.82, 2.24) is 20.2 Å². The monoisotopic (exact) mass is 294 g/mol.